The first kappa shape index (κ1) is 11.1. The number of para-hydroxylation sites is 1. The lowest BCUT2D eigenvalue weighted by atomic mass is 10.3. The fraction of sp³-hybridized carbons (Fsp3) is 0.417. The molecule has 1 heterocycles. The highest BCUT2D eigenvalue weighted by molar-refractivity contribution is 5.76. The van der Waals surface area contributed by atoms with Crippen LogP contribution in [0.15, 0.2) is 18.2 Å². The molecule has 1 aromatic heterocycles. The lowest BCUT2D eigenvalue weighted by Gasteiger charge is -2.12. The second-order valence-electron chi connectivity index (χ2n) is 4.13. The first-order chi connectivity index (χ1) is 7.65. The molecule has 2 aromatic rings. The summed E-state index contributed by atoms with van der Waals surface area (Å²) in [5.41, 5.74) is 1.32. The van der Waals surface area contributed by atoms with Gasteiger partial charge in [-0.1, -0.05) is 6.07 Å². The van der Waals surface area contributed by atoms with Crippen molar-refractivity contribution in [2.45, 2.75) is 26.4 Å². The standard InChI is InChI=1S/C12H16FN3/c1-8(2)16-10-6-4-5-9(13)12(10)15-11(16)7-14-3/h4-6,8,14H,7H2,1-3H3. The van der Waals surface area contributed by atoms with E-state index in [0.29, 0.717) is 12.1 Å². The topological polar surface area (TPSA) is 29.9 Å². The number of fused-ring (bicyclic) bond motifs is 1. The predicted molar refractivity (Wildman–Crippen MR) is 62.8 cm³/mol. The molecule has 86 valence electrons. The van der Waals surface area contributed by atoms with Crippen LogP contribution in [0.3, 0.4) is 0 Å². The van der Waals surface area contributed by atoms with Crippen molar-refractivity contribution in [3.63, 3.8) is 0 Å². The third kappa shape index (κ3) is 1.69. The molecule has 0 bridgehead atoms. The van der Waals surface area contributed by atoms with Crippen molar-refractivity contribution in [3.05, 3.63) is 29.8 Å². The van der Waals surface area contributed by atoms with Gasteiger partial charge in [-0.25, -0.2) is 9.37 Å². The Kier molecular flexibility index (Phi) is 2.92. The fourth-order valence-electron chi connectivity index (χ4n) is 1.99. The second-order valence-corrected chi connectivity index (χ2v) is 4.13. The summed E-state index contributed by atoms with van der Waals surface area (Å²) in [6.45, 7) is 4.79. The first-order valence-electron chi connectivity index (χ1n) is 5.45. The van der Waals surface area contributed by atoms with Crippen LogP contribution in [0.4, 0.5) is 4.39 Å². The maximum atomic E-state index is 13.6. The van der Waals surface area contributed by atoms with Gasteiger partial charge in [-0.3, -0.25) is 0 Å². The maximum Gasteiger partial charge on any atom is 0.151 e. The number of benzene rings is 1. The Labute approximate surface area is 94.3 Å². The van der Waals surface area contributed by atoms with Crippen molar-refractivity contribution in [1.82, 2.24) is 14.9 Å². The molecule has 0 radical (unpaired) electrons. The van der Waals surface area contributed by atoms with Gasteiger partial charge in [0.1, 0.15) is 11.3 Å². The van der Waals surface area contributed by atoms with E-state index in [1.54, 1.807) is 6.07 Å². The van der Waals surface area contributed by atoms with Gasteiger partial charge in [0.15, 0.2) is 5.82 Å². The summed E-state index contributed by atoms with van der Waals surface area (Å²) in [6, 6.07) is 5.35. The molecule has 0 aliphatic carbocycles. The van der Waals surface area contributed by atoms with Crippen LogP contribution in [0, 0.1) is 5.82 Å². The lowest BCUT2D eigenvalue weighted by Crippen LogP contribution is -2.13. The highest BCUT2D eigenvalue weighted by atomic mass is 19.1. The number of nitrogens with zero attached hydrogens (tertiary/aromatic N) is 2. The highest BCUT2D eigenvalue weighted by Gasteiger charge is 2.14. The van der Waals surface area contributed by atoms with Crippen molar-refractivity contribution >= 4 is 11.0 Å². The zero-order chi connectivity index (χ0) is 11.7. The first-order valence-corrected chi connectivity index (χ1v) is 5.45. The smallest absolute Gasteiger partial charge is 0.151 e. The van der Waals surface area contributed by atoms with Gasteiger partial charge in [0, 0.05) is 6.04 Å². The minimum absolute atomic E-state index is 0.255. The van der Waals surface area contributed by atoms with Gasteiger partial charge in [0.2, 0.25) is 0 Å². The Balaban J connectivity index is 2.70. The average molecular weight is 221 g/mol. The average Bonchev–Trinajstić information content (AvgIpc) is 2.58. The molecule has 0 saturated carbocycles. The SMILES string of the molecule is CNCc1nc2c(F)cccc2n1C(C)C. The molecule has 0 saturated heterocycles. The van der Waals surface area contributed by atoms with E-state index in [-0.39, 0.29) is 11.9 Å². The number of halogens is 1. The molecule has 4 heteroatoms. The number of imidazole rings is 1. The highest BCUT2D eigenvalue weighted by Crippen LogP contribution is 2.22. The van der Waals surface area contributed by atoms with Gasteiger partial charge in [0.05, 0.1) is 12.1 Å². The van der Waals surface area contributed by atoms with Gasteiger partial charge in [-0.2, -0.15) is 0 Å². The van der Waals surface area contributed by atoms with E-state index in [4.69, 9.17) is 0 Å². The molecule has 0 aliphatic rings. The van der Waals surface area contributed by atoms with Crippen LogP contribution in [0.1, 0.15) is 25.7 Å². The van der Waals surface area contributed by atoms with Crippen LogP contribution in [-0.4, -0.2) is 16.6 Å². The summed E-state index contributed by atoms with van der Waals surface area (Å²) in [5, 5.41) is 3.05. The van der Waals surface area contributed by atoms with E-state index >= 15 is 0 Å². The molecular weight excluding hydrogens is 205 g/mol. The summed E-state index contributed by atoms with van der Waals surface area (Å²) in [6.07, 6.45) is 0. The molecule has 16 heavy (non-hydrogen) atoms. The third-order valence-corrected chi connectivity index (χ3v) is 2.60. The van der Waals surface area contributed by atoms with Crippen molar-refractivity contribution in [2.24, 2.45) is 0 Å². The largest absolute Gasteiger partial charge is 0.324 e. The Morgan fingerprint density at radius 3 is 2.81 bits per heavy atom. The molecule has 0 aliphatic heterocycles. The number of rotatable bonds is 3. The van der Waals surface area contributed by atoms with E-state index in [1.807, 2.05) is 13.1 Å². The summed E-state index contributed by atoms with van der Waals surface area (Å²) in [7, 11) is 1.86. The van der Waals surface area contributed by atoms with Crippen molar-refractivity contribution < 1.29 is 4.39 Å². The Morgan fingerprint density at radius 2 is 2.19 bits per heavy atom. The fourth-order valence-corrected chi connectivity index (χ4v) is 1.99. The van der Waals surface area contributed by atoms with Gasteiger partial charge in [-0.15, -0.1) is 0 Å². The van der Waals surface area contributed by atoms with E-state index in [2.05, 4.69) is 28.7 Å². The number of hydrogen-bond donors (Lipinski definition) is 1. The molecule has 1 aromatic carbocycles. The molecule has 0 amide bonds. The van der Waals surface area contributed by atoms with Crippen LogP contribution in [0.5, 0.6) is 0 Å². The molecule has 0 spiro atoms. The molecule has 1 N–H and O–H groups in total. The number of hydrogen-bond acceptors (Lipinski definition) is 2. The quantitative estimate of drug-likeness (QED) is 0.863. The minimum atomic E-state index is -0.255. The summed E-state index contributed by atoms with van der Waals surface area (Å²) in [5.74, 6) is 0.617. The van der Waals surface area contributed by atoms with Crippen molar-refractivity contribution in [3.8, 4) is 0 Å². The van der Waals surface area contributed by atoms with Crippen LogP contribution in [0.2, 0.25) is 0 Å². The van der Waals surface area contributed by atoms with Crippen molar-refractivity contribution in [1.29, 1.82) is 0 Å². The second kappa shape index (κ2) is 4.22. The van der Waals surface area contributed by atoms with Crippen LogP contribution in [-0.2, 0) is 6.54 Å². The van der Waals surface area contributed by atoms with Gasteiger partial charge in [0.25, 0.3) is 0 Å². The maximum absolute atomic E-state index is 13.6. The molecular formula is C12H16FN3. The van der Waals surface area contributed by atoms with Gasteiger partial charge < -0.3 is 9.88 Å². The zero-order valence-corrected chi connectivity index (χ0v) is 9.79. The molecule has 2 rings (SSSR count). The normalized spacial score (nSPS) is 11.6. The van der Waals surface area contributed by atoms with Crippen LogP contribution < -0.4 is 5.32 Å². The molecule has 3 nitrogen and oxygen atoms in total. The molecule has 0 unspecified atom stereocenters. The zero-order valence-electron chi connectivity index (χ0n) is 9.79. The lowest BCUT2D eigenvalue weighted by molar-refractivity contribution is 0.570. The number of nitrogens with one attached hydrogen (secondary N) is 1. The minimum Gasteiger partial charge on any atom is -0.324 e. The Morgan fingerprint density at radius 1 is 1.44 bits per heavy atom. The monoisotopic (exact) mass is 221 g/mol. The number of aromatic nitrogens is 2. The molecule has 0 atom stereocenters. The third-order valence-electron chi connectivity index (χ3n) is 2.60. The van der Waals surface area contributed by atoms with Gasteiger partial charge in [-0.05, 0) is 33.0 Å². The van der Waals surface area contributed by atoms with Crippen LogP contribution in [0.25, 0.3) is 11.0 Å². The Bertz CT molecular complexity index is 502. The van der Waals surface area contributed by atoms with E-state index in [0.717, 1.165) is 11.3 Å². The predicted octanol–water partition coefficient (Wildman–Crippen LogP) is 2.48. The summed E-state index contributed by atoms with van der Waals surface area (Å²) in [4.78, 5) is 4.35. The van der Waals surface area contributed by atoms with Gasteiger partial charge >= 0.3 is 0 Å². The molecule has 0 fully saturated rings. The summed E-state index contributed by atoms with van der Waals surface area (Å²) >= 11 is 0. The van der Waals surface area contributed by atoms with E-state index < -0.39 is 0 Å². The van der Waals surface area contributed by atoms with E-state index in [9.17, 15) is 4.39 Å². The van der Waals surface area contributed by atoms with Crippen LogP contribution >= 0.6 is 0 Å². The van der Waals surface area contributed by atoms with Crippen molar-refractivity contribution in [2.75, 3.05) is 7.05 Å². The van der Waals surface area contributed by atoms with E-state index in [1.165, 1.54) is 6.07 Å². The summed E-state index contributed by atoms with van der Waals surface area (Å²) < 4.78 is 15.7. The Hall–Kier alpha value is -1.42.